The molecule has 0 spiro atoms. The topological polar surface area (TPSA) is 12.0 Å². The highest BCUT2D eigenvalue weighted by molar-refractivity contribution is 4.86. The Morgan fingerprint density at radius 1 is 1.15 bits per heavy atom. The minimum Gasteiger partial charge on any atom is -0.306 e. The van der Waals surface area contributed by atoms with Gasteiger partial charge in [0.2, 0.25) is 0 Å². The Balaban J connectivity index is 4.39. The molecule has 0 radical (unpaired) electrons. The molecule has 1 unspecified atom stereocenters. The van der Waals surface area contributed by atoms with E-state index in [2.05, 4.69) is 5.32 Å². The smallest absolute Gasteiger partial charge is 0.306 e. The van der Waals surface area contributed by atoms with Gasteiger partial charge in [-0.1, -0.05) is 27.7 Å². The highest BCUT2D eigenvalue weighted by Crippen LogP contribution is 2.32. The molecule has 0 aliphatic carbocycles. The normalized spacial score (nSPS) is 15.9. The Labute approximate surface area is 77.7 Å². The zero-order valence-electron chi connectivity index (χ0n) is 8.63. The van der Waals surface area contributed by atoms with E-state index in [9.17, 15) is 13.2 Å². The second-order valence-electron chi connectivity index (χ2n) is 4.29. The van der Waals surface area contributed by atoms with Crippen LogP contribution in [0, 0.1) is 5.41 Å². The molecule has 13 heavy (non-hydrogen) atoms. The van der Waals surface area contributed by atoms with Gasteiger partial charge < -0.3 is 5.32 Å². The van der Waals surface area contributed by atoms with E-state index in [1.807, 2.05) is 6.92 Å². The Morgan fingerprint density at radius 3 is 1.85 bits per heavy atom. The van der Waals surface area contributed by atoms with Gasteiger partial charge in [0.15, 0.2) is 0 Å². The molecule has 0 saturated heterocycles. The minimum absolute atomic E-state index is 0.404. The molecule has 0 aliphatic heterocycles. The molecule has 0 aromatic carbocycles. The van der Waals surface area contributed by atoms with Crippen molar-refractivity contribution in [2.75, 3.05) is 6.54 Å². The average molecular weight is 197 g/mol. The van der Waals surface area contributed by atoms with E-state index in [1.54, 1.807) is 20.8 Å². The van der Waals surface area contributed by atoms with Crippen LogP contribution in [0.25, 0.3) is 0 Å². The lowest BCUT2D eigenvalue weighted by Gasteiger charge is -2.33. The number of nitrogens with one attached hydrogen (secondary N) is 1. The fourth-order valence-electron chi connectivity index (χ4n) is 1.20. The third kappa shape index (κ3) is 4.50. The van der Waals surface area contributed by atoms with Crippen molar-refractivity contribution in [2.45, 2.75) is 46.3 Å². The minimum atomic E-state index is -4.16. The molecular weight excluding hydrogens is 179 g/mol. The van der Waals surface area contributed by atoms with Crippen LogP contribution in [0.1, 0.15) is 34.1 Å². The van der Waals surface area contributed by atoms with Gasteiger partial charge in [-0.25, -0.2) is 0 Å². The zero-order valence-corrected chi connectivity index (χ0v) is 8.63. The summed E-state index contributed by atoms with van der Waals surface area (Å²) in [5, 5.41) is 2.52. The summed E-state index contributed by atoms with van der Waals surface area (Å²) in [6, 6.07) is -1.42. The monoisotopic (exact) mass is 197 g/mol. The van der Waals surface area contributed by atoms with Crippen molar-refractivity contribution in [1.82, 2.24) is 5.32 Å². The predicted octanol–water partition coefficient (Wildman–Crippen LogP) is 2.96. The lowest BCUT2D eigenvalue weighted by molar-refractivity contribution is -0.177. The third-order valence-electron chi connectivity index (χ3n) is 1.79. The molecule has 1 atom stereocenters. The van der Waals surface area contributed by atoms with E-state index in [4.69, 9.17) is 0 Å². The second-order valence-corrected chi connectivity index (χ2v) is 4.29. The first kappa shape index (κ1) is 12.8. The Morgan fingerprint density at radius 2 is 1.62 bits per heavy atom. The Bertz CT molecular complexity index is 132. The molecule has 0 fully saturated rings. The van der Waals surface area contributed by atoms with E-state index in [-0.39, 0.29) is 0 Å². The van der Waals surface area contributed by atoms with Crippen LogP contribution >= 0.6 is 0 Å². The summed E-state index contributed by atoms with van der Waals surface area (Å²) in [4.78, 5) is 0. The highest BCUT2D eigenvalue weighted by Gasteiger charge is 2.46. The van der Waals surface area contributed by atoms with E-state index in [1.165, 1.54) is 0 Å². The molecule has 1 N–H and O–H groups in total. The zero-order chi connectivity index (χ0) is 10.7. The van der Waals surface area contributed by atoms with Gasteiger partial charge in [0, 0.05) is 0 Å². The molecule has 0 aliphatic rings. The number of halogens is 3. The van der Waals surface area contributed by atoms with Crippen LogP contribution in [-0.2, 0) is 0 Å². The third-order valence-corrected chi connectivity index (χ3v) is 1.79. The fourth-order valence-corrected chi connectivity index (χ4v) is 1.20. The molecule has 80 valence electrons. The summed E-state index contributed by atoms with van der Waals surface area (Å²) >= 11 is 0. The number of hydrogen-bond donors (Lipinski definition) is 1. The van der Waals surface area contributed by atoms with E-state index in [0.717, 1.165) is 0 Å². The standard InChI is InChI=1S/C9H18F3N/c1-5-6-13-7(8(2,3)4)9(10,11)12/h7,13H,5-6H2,1-4H3. The van der Waals surface area contributed by atoms with Crippen LogP contribution in [0.2, 0.25) is 0 Å². The van der Waals surface area contributed by atoms with E-state index in [0.29, 0.717) is 13.0 Å². The summed E-state index contributed by atoms with van der Waals surface area (Å²) in [5.41, 5.74) is -0.784. The summed E-state index contributed by atoms with van der Waals surface area (Å²) in [6.07, 6.45) is -3.45. The number of rotatable bonds is 3. The summed E-state index contributed by atoms with van der Waals surface area (Å²) < 4.78 is 37.4. The van der Waals surface area contributed by atoms with Gasteiger partial charge in [0.25, 0.3) is 0 Å². The Hall–Kier alpha value is -0.250. The van der Waals surface area contributed by atoms with Gasteiger partial charge in [-0.2, -0.15) is 13.2 Å². The van der Waals surface area contributed by atoms with Gasteiger partial charge in [0.05, 0.1) is 0 Å². The molecule has 0 amide bonds. The van der Waals surface area contributed by atoms with Gasteiger partial charge in [-0.15, -0.1) is 0 Å². The van der Waals surface area contributed by atoms with E-state index >= 15 is 0 Å². The van der Waals surface area contributed by atoms with Gasteiger partial charge in [-0.3, -0.25) is 0 Å². The fraction of sp³-hybridized carbons (Fsp3) is 1.00. The molecule has 4 heteroatoms. The molecule has 0 rings (SSSR count). The predicted molar refractivity (Wildman–Crippen MR) is 47.6 cm³/mol. The lowest BCUT2D eigenvalue weighted by Crippen LogP contribution is -2.51. The lowest BCUT2D eigenvalue weighted by atomic mass is 9.86. The molecule has 0 heterocycles. The quantitative estimate of drug-likeness (QED) is 0.733. The molecule has 1 nitrogen and oxygen atoms in total. The van der Waals surface area contributed by atoms with Crippen LogP contribution in [0.15, 0.2) is 0 Å². The number of alkyl halides is 3. The highest BCUT2D eigenvalue weighted by atomic mass is 19.4. The molecule has 0 saturated carbocycles. The van der Waals surface area contributed by atoms with Crippen LogP contribution in [0.3, 0.4) is 0 Å². The maximum atomic E-state index is 12.5. The average Bonchev–Trinajstić information content (AvgIpc) is 1.81. The van der Waals surface area contributed by atoms with Crippen molar-refractivity contribution >= 4 is 0 Å². The van der Waals surface area contributed by atoms with E-state index < -0.39 is 17.6 Å². The van der Waals surface area contributed by atoms with Crippen molar-refractivity contribution in [3.63, 3.8) is 0 Å². The first-order valence-corrected chi connectivity index (χ1v) is 4.49. The number of hydrogen-bond acceptors (Lipinski definition) is 1. The van der Waals surface area contributed by atoms with Gasteiger partial charge in [0.1, 0.15) is 6.04 Å². The van der Waals surface area contributed by atoms with Crippen molar-refractivity contribution in [3.05, 3.63) is 0 Å². The second kappa shape index (κ2) is 4.31. The Kier molecular flexibility index (Phi) is 4.23. The van der Waals surface area contributed by atoms with Crippen molar-refractivity contribution in [1.29, 1.82) is 0 Å². The van der Waals surface area contributed by atoms with Gasteiger partial charge in [-0.05, 0) is 18.4 Å². The van der Waals surface area contributed by atoms with Crippen molar-refractivity contribution in [3.8, 4) is 0 Å². The maximum absolute atomic E-state index is 12.5. The maximum Gasteiger partial charge on any atom is 0.404 e. The molecule has 0 aromatic heterocycles. The van der Waals surface area contributed by atoms with Crippen molar-refractivity contribution in [2.24, 2.45) is 5.41 Å². The van der Waals surface area contributed by atoms with Crippen molar-refractivity contribution < 1.29 is 13.2 Å². The molecule has 0 bridgehead atoms. The SMILES string of the molecule is CCCNC(C(C)(C)C)C(F)(F)F. The summed E-state index contributed by atoms with van der Waals surface area (Å²) in [7, 11) is 0. The van der Waals surface area contributed by atoms with Crippen LogP contribution in [0.5, 0.6) is 0 Å². The first-order chi connectivity index (χ1) is 5.69. The summed E-state index contributed by atoms with van der Waals surface area (Å²) in [5.74, 6) is 0. The van der Waals surface area contributed by atoms with Crippen LogP contribution in [0.4, 0.5) is 13.2 Å². The molecular formula is C9H18F3N. The van der Waals surface area contributed by atoms with Gasteiger partial charge >= 0.3 is 6.18 Å². The van der Waals surface area contributed by atoms with Crippen LogP contribution in [-0.4, -0.2) is 18.8 Å². The largest absolute Gasteiger partial charge is 0.404 e. The summed E-state index contributed by atoms with van der Waals surface area (Å²) in [6.45, 7) is 7.03. The first-order valence-electron chi connectivity index (χ1n) is 4.49. The molecule has 0 aromatic rings. The van der Waals surface area contributed by atoms with Crippen LogP contribution < -0.4 is 5.32 Å².